The molecule has 21 heavy (non-hydrogen) atoms. The normalized spacial score (nSPS) is 12.0. The van der Waals surface area contributed by atoms with Gasteiger partial charge in [-0.25, -0.2) is 0 Å². The number of hydrogen-bond donors (Lipinski definition) is 2. The van der Waals surface area contributed by atoms with Crippen molar-refractivity contribution in [1.29, 1.82) is 0 Å². The van der Waals surface area contributed by atoms with Crippen molar-refractivity contribution in [3.8, 4) is 0 Å². The minimum Gasteiger partial charge on any atom is -0.387 e. The van der Waals surface area contributed by atoms with Crippen LogP contribution < -0.4 is 5.32 Å². The second-order valence-corrected chi connectivity index (χ2v) is 4.92. The Balaban J connectivity index is 2.00. The van der Waals surface area contributed by atoms with Gasteiger partial charge >= 0.3 is 0 Å². The van der Waals surface area contributed by atoms with E-state index in [0.29, 0.717) is 11.3 Å². The van der Waals surface area contributed by atoms with E-state index >= 15 is 0 Å². The fraction of sp³-hybridized carbons (Fsp3) is 0.250. The summed E-state index contributed by atoms with van der Waals surface area (Å²) in [5.74, 6) is -0.408. The Morgan fingerprint density at radius 3 is 2.52 bits per heavy atom. The SMILES string of the molecule is CC(=O)c1cc(C(=O)NCC(O)c2ccccc2)n(C)c1. The molecule has 0 saturated carbocycles. The smallest absolute Gasteiger partial charge is 0.268 e. The molecule has 1 amide bonds. The van der Waals surface area contributed by atoms with Crippen LogP contribution in [0.2, 0.25) is 0 Å². The Kier molecular flexibility index (Phi) is 4.55. The third-order valence-corrected chi connectivity index (χ3v) is 3.28. The number of aliphatic hydroxyl groups is 1. The van der Waals surface area contributed by atoms with Gasteiger partial charge in [0.15, 0.2) is 5.78 Å². The second kappa shape index (κ2) is 6.37. The van der Waals surface area contributed by atoms with Gasteiger partial charge in [-0.3, -0.25) is 9.59 Å². The topological polar surface area (TPSA) is 71.3 Å². The van der Waals surface area contributed by atoms with E-state index in [1.165, 1.54) is 6.92 Å². The minimum absolute atomic E-state index is 0.0889. The molecule has 0 bridgehead atoms. The zero-order valence-electron chi connectivity index (χ0n) is 12.0. The lowest BCUT2D eigenvalue weighted by atomic mass is 10.1. The molecule has 0 radical (unpaired) electrons. The van der Waals surface area contributed by atoms with Crippen LogP contribution in [0.3, 0.4) is 0 Å². The van der Waals surface area contributed by atoms with Gasteiger partial charge in [-0.2, -0.15) is 0 Å². The molecule has 0 aliphatic rings. The van der Waals surface area contributed by atoms with Crippen LogP contribution in [0.4, 0.5) is 0 Å². The zero-order chi connectivity index (χ0) is 15.4. The molecule has 1 aromatic heterocycles. The summed E-state index contributed by atoms with van der Waals surface area (Å²) >= 11 is 0. The van der Waals surface area contributed by atoms with E-state index in [4.69, 9.17) is 0 Å². The quantitative estimate of drug-likeness (QED) is 0.822. The molecule has 2 rings (SSSR count). The number of aliphatic hydroxyl groups excluding tert-OH is 1. The Morgan fingerprint density at radius 2 is 1.95 bits per heavy atom. The van der Waals surface area contributed by atoms with Crippen LogP contribution >= 0.6 is 0 Å². The molecule has 5 heteroatoms. The average molecular weight is 286 g/mol. The van der Waals surface area contributed by atoms with Crippen LogP contribution in [0.15, 0.2) is 42.6 Å². The van der Waals surface area contributed by atoms with Crippen molar-refractivity contribution < 1.29 is 14.7 Å². The van der Waals surface area contributed by atoms with Crippen LogP contribution in [0.1, 0.15) is 39.4 Å². The van der Waals surface area contributed by atoms with E-state index < -0.39 is 6.10 Å². The van der Waals surface area contributed by atoms with Gasteiger partial charge in [0, 0.05) is 25.4 Å². The molecule has 0 aliphatic heterocycles. The Morgan fingerprint density at radius 1 is 1.29 bits per heavy atom. The van der Waals surface area contributed by atoms with Gasteiger partial charge in [0.05, 0.1) is 6.10 Å². The highest BCUT2D eigenvalue weighted by Gasteiger charge is 2.15. The molecule has 0 saturated heterocycles. The fourth-order valence-electron chi connectivity index (χ4n) is 2.06. The number of hydrogen-bond acceptors (Lipinski definition) is 3. The number of nitrogens with one attached hydrogen (secondary N) is 1. The molecule has 0 aliphatic carbocycles. The van der Waals surface area contributed by atoms with Gasteiger partial charge < -0.3 is 15.0 Å². The average Bonchev–Trinajstić information content (AvgIpc) is 2.87. The summed E-state index contributed by atoms with van der Waals surface area (Å²) in [6.07, 6.45) is 0.855. The number of carbonyl (C=O) groups is 2. The van der Waals surface area contributed by atoms with Crippen LogP contribution in [0.5, 0.6) is 0 Å². The van der Waals surface area contributed by atoms with E-state index in [1.807, 2.05) is 18.2 Å². The van der Waals surface area contributed by atoms with E-state index in [9.17, 15) is 14.7 Å². The Bertz CT molecular complexity index is 647. The highest BCUT2D eigenvalue weighted by molar-refractivity contribution is 5.99. The summed E-state index contributed by atoms with van der Waals surface area (Å²) < 4.78 is 1.60. The van der Waals surface area contributed by atoms with Crippen molar-refractivity contribution >= 4 is 11.7 Å². The number of benzene rings is 1. The van der Waals surface area contributed by atoms with E-state index in [2.05, 4.69) is 5.32 Å². The van der Waals surface area contributed by atoms with Crippen LogP contribution in [0.25, 0.3) is 0 Å². The van der Waals surface area contributed by atoms with Crippen molar-refractivity contribution in [1.82, 2.24) is 9.88 Å². The van der Waals surface area contributed by atoms with Gasteiger partial charge in [0.2, 0.25) is 0 Å². The summed E-state index contributed by atoms with van der Waals surface area (Å²) in [5, 5.41) is 12.7. The first-order chi connectivity index (χ1) is 9.99. The number of aromatic nitrogens is 1. The van der Waals surface area contributed by atoms with Gasteiger partial charge in [-0.05, 0) is 18.6 Å². The molecule has 1 aromatic carbocycles. The lowest BCUT2D eigenvalue weighted by Gasteiger charge is -2.12. The Labute approximate surface area is 123 Å². The molecular weight excluding hydrogens is 268 g/mol. The number of rotatable bonds is 5. The number of nitrogens with zero attached hydrogens (tertiary/aromatic N) is 1. The molecule has 1 heterocycles. The monoisotopic (exact) mass is 286 g/mol. The molecule has 0 fully saturated rings. The lowest BCUT2D eigenvalue weighted by molar-refractivity contribution is 0.0908. The zero-order valence-corrected chi connectivity index (χ0v) is 12.0. The summed E-state index contributed by atoms with van der Waals surface area (Å²) in [7, 11) is 1.70. The summed E-state index contributed by atoms with van der Waals surface area (Å²) in [5.41, 5.74) is 1.63. The summed E-state index contributed by atoms with van der Waals surface area (Å²) in [6, 6.07) is 10.7. The highest BCUT2D eigenvalue weighted by atomic mass is 16.3. The number of aryl methyl sites for hydroxylation is 1. The van der Waals surface area contributed by atoms with Gasteiger partial charge in [-0.15, -0.1) is 0 Å². The van der Waals surface area contributed by atoms with Gasteiger partial charge in [0.1, 0.15) is 5.69 Å². The maximum Gasteiger partial charge on any atom is 0.268 e. The van der Waals surface area contributed by atoms with Crippen molar-refractivity contribution in [3.05, 3.63) is 59.4 Å². The van der Waals surface area contributed by atoms with E-state index in [0.717, 1.165) is 5.56 Å². The fourth-order valence-corrected chi connectivity index (χ4v) is 2.06. The van der Waals surface area contributed by atoms with E-state index in [1.54, 1.807) is 36.0 Å². The Hall–Kier alpha value is -2.40. The standard InChI is InChI=1S/C16H18N2O3/c1-11(19)13-8-14(18(2)10-13)16(21)17-9-15(20)12-6-4-3-5-7-12/h3-8,10,15,20H,9H2,1-2H3,(H,17,21). The van der Waals surface area contributed by atoms with Gasteiger partial charge in [-0.1, -0.05) is 30.3 Å². The molecule has 2 N–H and O–H groups in total. The van der Waals surface area contributed by atoms with Crippen molar-refractivity contribution in [2.75, 3.05) is 6.54 Å². The molecule has 110 valence electrons. The molecule has 1 unspecified atom stereocenters. The van der Waals surface area contributed by atoms with Crippen LogP contribution in [0, 0.1) is 0 Å². The summed E-state index contributed by atoms with van der Waals surface area (Å²) in [4.78, 5) is 23.4. The maximum atomic E-state index is 12.1. The number of carbonyl (C=O) groups excluding carboxylic acids is 2. The van der Waals surface area contributed by atoms with Gasteiger partial charge in [0.25, 0.3) is 5.91 Å². The second-order valence-electron chi connectivity index (χ2n) is 4.92. The maximum absolute atomic E-state index is 12.1. The first-order valence-corrected chi connectivity index (χ1v) is 6.67. The number of Topliss-reactive ketones (excluding diaryl/α,β-unsaturated/α-hetero) is 1. The number of amides is 1. The third-order valence-electron chi connectivity index (χ3n) is 3.28. The van der Waals surface area contributed by atoms with E-state index in [-0.39, 0.29) is 18.2 Å². The summed E-state index contributed by atoms with van der Waals surface area (Å²) in [6.45, 7) is 1.57. The highest BCUT2D eigenvalue weighted by Crippen LogP contribution is 2.12. The molecule has 0 spiro atoms. The minimum atomic E-state index is -0.761. The van der Waals surface area contributed by atoms with Crippen molar-refractivity contribution in [3.63, 3.8) is 0 Å². The van der Waals surface area contributed by atoms with Crippen molar-refractivity contribution in [2.24, 2.45) is 7.05 Å². The van der Waals surface area contributed by atoms with Crippen LogP contribution in [-0.2, 0) is 7.05 Å². The third kappa shape index (κ3) is 3.58. The molecule has 2 aromatic rings. The predicted octanol–water partition coefficient (Wildman–Crippen LogP) is 1.69. The first-order valence-electron chi connectivity index (χ1n) is 6.67. The van der Waals surface area contributed by atoms with Crippen LogP contribution in [-0.4, -0.2) is 27.9 Å². The first kappa shape index (κ1) is 15.0. The molecule has 5 nitrogen and oxygen atoms in total. The predicted molar refractivity (Wildman–Crippen MR) is 79.2 cm³/mol. The largest absolute Gasteiger partial charge is 0.387 e. The number of ketones is 1. The molecule has 1 atom stereocenters. The lowest BCUT2D eigenvalue weighted by Crippen LogP contribution is -2.29. The molecular formula is C16H18N2O3. The van der Waals surface area contributed by atoms with Crippen molar-refractivity contribution in [2.45, 2.75) is 13.0 Å².